The van der Waals surface area contributed by atoms with Gasteiger partial charge in [0, 0.05) is 61.2 Å². The van der Waals surface area contributed by atoms with E-state index in [1.807, 2.05) is 41.3 Å². The van der Waals surface area contributed by atoms with Crippen molar-refractivity contribution in [3.63, 3.8) is 0 Å². The SMILES string of the molecule is Nc1ncnc2c1c(-c1cccc(O)c1)nn2CC(c1cccc(Cl)c1)c1nc2cccc(C#CCCCC(=O)N3CCC(N4CCOCC4)CC3)c2c(=O)[nH]1. The summed E-state index contributed by atoms with van der Waals surface area (Å²) in [6.07, 6.45) is 5.01. The molecule has 6 aromatic rings. The number of hydrogen-bond donors (Lipinski definition) is 3. The number of phenolic OH excluding ortho intramolecular Hbond substituents is 1. The zero-order valence-electron chi connectivity index (χ0n) is 30.8. The predicted molar refractivity (Wildman–Crippen MR) is 215 cm³/mol. The van der Waals surface area contributed by atoms with Gasteiger partial charge in [-0.25, -0.2) is 19.6 Å². The molecule has 8 rings (SSSR count). The van der Waals surface area contributed by atoms with Crippen molar-refractivity contribution in [2.75, 3.05) is 45.1 Å². The van der Waals surface area contributed by atoms with Crippen LogP contribution in [0.1, 0.15) is 55.0 Å². The van der Waals surface area contributed by atoms with Crippen LogP contribution in [-0.4, -0.2) is 96.0 Å². The average molecular weight is 772 g/mol. The van der Waals surface area contributed by atoms with Gasteiger partial charge in [-0.15, -0.1) is 0 Å². The van der Waals surface area contributed by atoms with E-state index in [1.165, 1.54) is 6.33 Å². The number of benzene rings is 3. The largest absolute Gasteiger partial charge is 0.508 e. The highest BCUT2D eigenvalue weighted by Crippen LogP contribution is 2.34. The van der Waals surface area contributed by atoms with Gasteiger partial charge in [0.1, 0.15) is 29.4 Å². The number of anilines is 1. The quantitative estimate of drug-likeness (QED) is 0.129. The number of H-pyrrole nitrogens is 1. The number of phenols is 1. The number of nitrogens with one attached hydrogen (secondary N) is 1. The van der Waals surface area contributed by atoms with Crippen LogP contribution < -0.4 is 11.3 Å². The molecule has 5 heterocycles. The van der Waals surface area contributed by atoms with E-state index < -0.39 is 5.92 Å². The number of aromatic nitrogens is 6. The van der Waals surface area contributed by atoms with Gasteiger partial charge in [0.2, 0.25) is 5.91 Å². The summed E-state index contributed by atoms with van der Waals surface area (Å²) in [7, 11) is 0. The number of carbonyl (C=O) groups excluding carboxylic acids is 1. The van der Waals surface area contributed by atoms with Gasteiger partial charge in [0.25, 0.3) is 5.56 Å². The van der Waals surface area contributed by atoms with Gasteiger partial charge in [0.05, 0.1) is 42.0 Å². The number of piperidine rings is 1. The molecule has 1 amide bonds. The summed E-state index contributed by atoms with van der Waals surface area (Å²) in [5.74, 6) is 6.76. The summed E-state index contributed by atoms with van der Waals surface area (Å²) in [6, 6.07) is 20.1. The molecular weight excluding hydrogens is 730 g/mol. The van der Waals surface area contributed by atoms with Gasteiger partial charge in [0.15, 0.2) is 5.65 Å². The van der Waals surface area contributed by atoms with Crippen LogP contribution in [-0.2, 0) is 16.1 Å². The first kappa shape index (κ1) is 37.1. The van der Waals surface area contributed by atoms with Crippen LogP contribution >= 0.6 is 11.6 Å². The molecule has 2 aliphatic rings. The van der Waals surface area contributed by atoms with E-state index in [9.17, 15) is 14.7 Å². The van der Waals surface area contributed by atoms with E-state index in [4.69, 9.17) is 32.2 Å². The first-order valence-electron chi connectivity index (χ1n) is 19.0. The maximum absolute atomic E-state index is 13.9. The number of aromatic amines is 1. The number of rotatable bonds is 9. The van der Waals surface area contributed by atoms with Crippen molar-refractivity contribution in [1.82, 2.24) is 39.5 Å². The Labute approximate surface area is 328 Å². The number of fused-ring (bicyclic) bond motifs is 2. The van der Waals surface area contributed by atoms with Crippen LogP contribution in [0, 0.1) is 11.8 Å². The molecule has 14 heteroatoms. The highest BCUT2D eigenvalue weighted by Gasteiger charge is 2.28. The molecule has 0 spiro atoms. The molecule has 3 aromatic heterocycles. The van der Waals surface area contributed by atoms with Crippen LogP contribution in [0.5, 0.6) is 5.75 Å². The van der Waals surface area contributed by atoms with Gasteiger partial charge in [-0.2, -0.15) is 5.10 Å². The zero-order valence-corrected chi connectivity index (χ0v) is 31.6. The Morgan fingerprint density at radius 3 is 2.62 bits per heavy atom. The van der Waals surface area contributed by atoms with Crippen molar-refractivity contribution in [2.24, 2.45) is 0 Å². The molecule has 0 radical (unpaired) electrons. The summed E-state index contributed by atoms with van der Waals surface area (Å²) < 4.78 is 7.20. The third-order valence-electron chi connectivity index (χ3n) is 10.7. The fourth-order valence-electron chi connectivity index (χ4n) is 7.80. The Bertz CT molecular complexity index is 2510. The molecule has 13 nitrogen and oxygen atoms in total. The number of nitrogen functional groups attached to an aromatic ring is 1. The molecule has 1 atom stereocenters. The van der Waals surface area contributed by atoms with E-state index >= 15 is 0 Å². The first-order valence-corrected chi connectivity index (χ1v) is 19.3. The number of aromatic hydroxyl groups is 1. The van der Waals surface area contributed by atoms with Crippen molar-refractivity contribution in [3.05, 3.63) is 105 Å². The summed E-state index contributed by atoms with van der Waals surface area (Å²) in [6.45, 7) is 5.32. The average Bonchev–Trinajstić information content (AvgIpc) is 3.59. The number of morpholine rings is 1. The molecule has 4 N–H and O–H groups in total. The van der Waals surface area contributed by atoms with Crippen molar-refractivity contribution in [1.29, 1.82) is 0 Å². The maximum atomic E-state index is 13.9. The number of nitrogens with zero attached hydrogens (tertiary/aromatic N) is 7. The van der Waals surface area contributed by atoms with E-state index in [0.717, 1.165) is 57.8 Å². The summed E-state index contributed by atoms with van der Waals surface area (Å²) in [5.41, 5.74) is 9.54. The summed E-state index contributed by atoms with van der Waals surface area (Å²) >= 11 is 6.48. The Hall–Kier alpha value is -5.81. The van der Waals surface area contributed by atoms with Crippen molar-refractivity contribution in [2.45, 2.75) is 50.6 Å². The normalized spacial score (nSPS) is 15.8. The zero-order chi connectivity index (χ0) is 38.6. The second-order valence-electron chi connectivity index (χ2n) is 14.2. The van der Waals surface area contributed by atoms with E-state index in [0.29, 0.717) is 74.9 Å². The predicted octanol–water partition coefficient (Wildman–Crippen LogP) is 5.35. The molecule has 0 saturated carbocycles. The number of ether oxygens (including phenoxy) is 1. The van der Waals surface area contributed by atoms with Crippen LogP contribution in [0.2, 0.25) is 5.02 Å². The Kier molecular flexibility index (Phi) is 10.9. The minimum absolute atomic E-state index is 0.0838. The minimum atomic E-state index is -0.514. The minimum Gasteiger partial charge on any atom is -0.508 e. The van der Waals surface area contributed by atoms with Crippen LogP contribution in [0.25, 0.3) is 33.2 Å². The number of likely N-dealkylation sites (tertiary alicyclic amines) is 1. The monoisotopic (exact) mass is 771 g/mol. The lowest BCUT2D eigenvalue weighted by molar-refractivity contribution is -0.133. The molecule has 0 bridgehead atoms. The van der Waals surface area contributed by atoms with Crippen molar-refractivity contribution in [3.8, 4) is 28.8 Å². The molecule has 2 aliphatic heterocycles. The molecule has 3 aromatic carbocycles. The number of halogens is 1. The van der Waals surface area contributed by atoms with Gasteiger partial charge in [-0.05, 0) is 61.2 Å². The number of carbonyl (C=O) groups is 1. The second kappa shape index (κ2) is 16.5. The maximum Gasteiger partial charge on any atom is 0.260 e. The molecule has 2 saturated heterocycles. The van der Waals surface area contributed by atoms with E-state index in [1.54, 1.807) is 35.0 Å². The van der Waals surface area contributed by atoms with Gasteiger partial charge in [-0.3, -0.25) is 14.5 Å². The van der Waals surface area contributed by atoms with Gasteiger partial charge >= 0.3 is 0 Å². The number of amides is 1. The number of hydrogen-bond acceptors (Lipinski definition) is 10. The lowest BCUT2D eigenvalue weighted by atomic mass is 9.97. The summed E-state index contributed by atoms with van der Waals surface area (Å²) in [4.78, 5) is 48.1. The standard InChI is InChI=1S/C42H42ClN9O4/c43-30-11-4-9-28(23-30)33(25-52-41-37(39(44)45-26-46-41)38(49-52)29-10-5-12-32(53)24-29)40-47-34-13-6-8-27(36(34)42(55)48-40)7-2-1-3-14-35(54)51-17-15-31(16-18-51)50-19-21-56-22-20-50/h4-6,8-13,23-24,26,31,33,53H,1,3,14-22,25H2,(H2,44,45,46)(H,47,48,55). The molecule has 1 unspecified atom stereocenters. The van der Waals surface area contributed by atoms with Crippen LogP contribution in [0.3, 0.4) is 0 Å². The molecule has 2 fully saturated rings. The topological polar surface area (TPSA) is 168 Å². The second-order valence-corrected chi connectivity index (χ2v) is 14.6. The van der Waals surface area contributed by atoms with Gasteiger partial charge in [-0.1, -0.05) is 53.8 Å². The Balaban J connectivity index is 1.02. The third-order valence-corrected chi connectivity index (χ3v) is 10.9. The first-order chi connectivity index (χ1) is 27.3. The lowest BCUT2D eigenvalue weighted by Gasteiger charge is -2.40. The lowest BCUT2D eigenvalue weighted by Crippen LogP contribution is -2.50. The van der Waals surface area contributed by atoms with Crippen LogP contribution in [0.4, 0.5) is 5.82 Å². The van der Waals surface area contributed by atoms with E-state index in [-0.39, 0.29) is 29.6 Å². The van der Waals surface area contributed by atoms with Gasteiger partial charge < -0.3 is 25.5 Å². The molecular formula is C42H42ClN9O4. The fourth-order valence-corrected chi connectivity index (χ4v) is 8.00. The highest BCUT2D eigenvalue weighted by molar-refractivity contribution is 6.30. The van der Waals surface area contributed by atoms with Crippen molar-refractivity contribution < 1.29 is 14.6 Å². The van der Waals surface area contributed by atoms with E-state index in [2.05, 4.69) is 31.7 Å². The highest BCUT2D eigenvalue weighted by atomic mass is 35.5. The Morgan fingerprint density at radius 2 is 1.82 bits per heavy atom. The number of unbranched alkanes of at least 4 members (excludes halogenated alkanes) is 1. The smallest absolute Gasteiger partial charge is 0.260 e. The molecule has 0 aliphatic carbocycles. The van der Waals surface area contributed by atoms with Crippen LogP contribution in [0.15, 0.2) is 77.9 Å². The fraction of sp³-hybridized carbons (Fsp3) is 0.333. The molecule has 286 valence electrons. The third kappa shape index (κ3) is 7.95. The molecule has 56 heavy (non-hydrogen) atoms. The number of nitrogens with two attached hydrogens (primary N) is 1. The summed E-state index contributed by atoms with van der Waals surface area (Å²) in [5, 5.41) is 16.6. The Morgan fingerprint density at radius 1 is 1.02 bits per heavy atom. The van der Waals surface area contributed by atoms with Crippen molar-refractivity contribution >= 4 is 45.3 Å².